The number of allylic oxidation sites excluding steroid dienone is 2. The van der Waals surface area contributed by atoms with Crippen LogP contribution >= 0.6 is 0 Å². The second-order valence-corrected chi connectivity index (χ2v) is 4.23. The molecule has 0 atom stereocenters. The van der Waals surface area contributed by atoms with Gasteiger partial charge in [-0.05, 0) is 51.2 Å². The highest BCUT2D eigenvalue weighted by atomic mass is 15.3. The fourth-order valence-corrected chi connectivity index (χ4v) is 2.05. The fraction of sp³-hybridized carbons (Fsp3) is 0.583. The van der Waals surface area contributed by atoms with Crippen LogP contribution in [0.5, 0.6) is 0 Å². The summed E-state index contributed by atoms with van der Waals surface area (Å²) in [6.45, 7) is 4.36. The van der Waals surface area contributed by atoms with Crippen LogP contribution in [0.2, 0.25) is 0 Å². The predicted molar refractivity (Wildman–Crippen MR) is 59.1 cm³/mol. The quantitative estimate of drug-likeness (QED) is 0.698. The van der Waals surface area contributed by atoms with Crippen molar-refractivity contribution in [3.8, 4) is 0 Å². The Balaban J connectivity index is 2.30. The van der Waals surface area contributed by atoms with Crippen molar-refractivity contribution in [2.45, 2.75) is 45.6 Å². The molecule has 0 bridgehead atoms. The van der Waals surface area contributed by atoms with Crippen molar-refractivity contribution in [1.29, 1.82) is 0 Å². The summed E-state index contributed by atoms with van der Waals surface area (Å²) < 4.78 is 2.12. The zero-order chi connectivity index (χ0) is 9.97. The maximum Gasteiger partial charge on any atom is 0.0641 e. The molecule has 0 saturated carbocycles. The number of aromatic nitrogens is 2. The van der Waals surface area contributed by atoms with Crippen LogP contribution in [0.15, 0.2) is 18.3 Å². The molecule has 0 aliphatic heterocycles. The van der Waals surface area contributed by atoms with Crippen molar-refractivity contribution in [1.82, 2.24) is 9.78 Å². The molecular weight excluding hydrogens is 172 g/mol. The van der Waals surface area contributed by atoms with E-state index in [9.17, 15) is 0 Å². The van der Waals surface area contributed by atoms with Crippen molar-refractivity contribution >= 4 is 5.57 Å². The molecule has 2 nitrogen and oxygen atoms in total. The summed E-state index contributed by atoms with van der Waals surface area (Å²) in [6.07, 6.45) is 9.41. The molecule has 0 unspecified atom stereocenters. The summed E-state index contributed by atoms with van der Waals surface area (Å²) in [4.78, 5) is 0. The van der Waals surface area contributed by atoms with Gasteiger partial charge in [0, 0.05) is 12.2 Å². The Morgan fingerprint density at radius 1 is 1.36 bits per heavy atom. The van der Waals surface area contributed by atoms with Crippen LogP contribution in [-0.2, 0) is 0 Å². The number of hydrogen-bond donors (Lipinski definition) is 0. The maximum atomic E-state index is 4.37. The summed E-state index contributed by atoms with van der Waals surface area (Å²) in [5.41, 5.74) is 2.81. The van der Waals surface area contributed by atoms with Crippen LogP contribution in [0.1, 0.15) is 51.3 Å². The molecule has 0 aromatic carbocycles. The topological polar surface area (TPSA) is 17.8 Å². The van der Waals surface area contributed by atoms with Crippen LogP contribution in [-0.4, -0.2) is 9.78 Å². The maximum absolute atomic E-state index is 4.37. The van der Waals surface area contributed by atoms with Gasteiger partial charge in [-0.25, -0.2) is 0 Å². The number of nitrogens with zero attached hydrogens (tertiary/aromatic N) is 2. The Morgan fingerprint density at radius 2 is 2.21 bits per heavy atom. The van der Waals surface area contributed by atoms with Crippen LogP contribution in [0.25, 0.3) is 5.57 Å². The molecule has 1 heterocycles. The Morgan fingerprint density at radius 3 is 2.86 bits per heavy atom. The van der Waals surface area contributed by atoms with E-state index in [-0.39, 0.29) is 0 Å². The Labute approximate surface area is 85.6 Å². The minimum Gasteiger partial charge on any atom is -0.263 e. The van der Waals surface area contributed by atoms with E-state index in [1.807, 2.05) is 6.20 Å². The van der Waals surface area contributed by atoms with E-state index in [1.54, 1.807) is 0 Å². The molecule has 0 spiro atoms. The molecule has 0 N–H and O–H groups in total. The standard InChI is InChI=1S/C12H18N2/c1-10(2)14-12(8-9-13-14)11-6-4-3-5-7-11/h6,8-10H,3-5,7H2,1-2H3. The third-order valence-corrected chi connectivity index (χ3v) is 2.78. The molecule has 76 valence electrons. The molecular formula is C12H18N2. The summed E-state index contributed by atoms with van der Waals surface area (Å²) >= 11 is 0. The third-order valence-electron chi connectivity index (χ3n) is 2.78. The second kappa shape index (κ2) is 3.99. The summed E-state index contributed by atoms with van der Waals surface area (Å²) in [5, 5.41) is 4.37. The van der Waals surface area contributed by atoms with Crippen molar-refractivity contribution in [3.63, 3.8) is 0 Å². The Bertz CT molecular complexity index is 334. The van der Waals surface area contributed by atoms with E-state index in [0.29, 0.717) is 6.04 Å². The minimum atomic E-state index is 0.461. The Kier molecular flexibility index (Phi) is 2.71. The average Bonchev–Trinajstić information content (AvgIpc) is 2.67. The van der Waals surface area contributed by atoms with Crippen LogP contribution in [0.3, 0.4) is 0 Å². The summed E-state index contributed by atoms with van der Waals surface area (Å²) in [7, 11) is 0. The first kappa shape index (κ1) is 9.50. The molecule has 0 radical (unpaired) electrons. The first-order valence-corrected chi connectivity index (χ1v) is 5.52. The van der Waals surface area contributed by atoms with Gasteiger partial charge in [0.05, 0.1) is 5.69 Å². The van der Waals surface area contributed by atoms with E-state index in [2.05, 4.69) is 35.8 Å². The van der Waals surface area contributed by atoms with E-state index in [0.717, 1.165) is 0 Å². The lowest BCUT2D eigenvalue weighted by atomic mass is 9.97. The molecule has 14 heavy (non-hydrogen) atoms. The lowest BCUT2D eigenvalue weighted by Crippen LogP contribution is -2.07. The first-order chi connectivity index (χ1) is 6.79. The molecule has 1 aliphatic carbocycles. The van der Waals surface area contributed by atoms with E-state index in [4.69, 9.17) is 0 Å². The molecule has 0 fully saturated rings. The summed E-state index contributed by atoms with van der Waals surface area (Å²) in [5.74, 6) is 0. The zero-order valence-corrected chi connectivity index (χ0v) is 9.03. The summed E-state index contributed by atoms with van der Waals surface area (Å²) in [6, 6.07) is 2.60. The van der Waals surface area contributed by atoms with Crippen molar-refractivity contribution in [2.24, 2.45) is 0 Å². The van der Waals surface area contributed by atoms with Gasteiger partial charge in [-0.15, -0.1) is 0 Å². The normalized spacial score (nSPS) is 17.2. The monoisotopic (exact) mass is 190 g/mol. The van der Waals surface area contributed by atoms with Crippen LogP contribution < -0.4 is 0 Å². The highest BCUT2D eigenvalue weighted by Gasteiger charge is 2.12. The lowest BCUT2D eigenvalue weighted by molar-refractivity contribution is 0.524. The van der Waals surface area contributed by atoms with E-state index >= 15 is 0 Å². The van der Waals surface area contributed by atoms with Gasteiger partial charge >= 0.3 is 0 Å². The third kappa shape index (κ3) is 1.74. The lowest BCUT2D eigenvalue weighted by Gasteiger charge is -2.16. The van der Waals surface area contributed by atoms with Gasteiger partial charge in [-0.2, -0.15) is 5.10 Å². The Hall–Kier alpha value is -1.05. The number of rotatable bonds is 2. The van der Waals surface area contributed by atoms with Gasteiger partial charge in [0.2, 0.25) is 0 Å². The van der Waals surface area contributed by atoms with Gasteiger partial charge in [-0.3, -0.25) is 4.68 Å². The van der Waals surface area contributed by atoms with E-state index in [1.165, 1.54) is 37.0 Å². The van der Waals surface area contributed by atoms with Crippen molar-refractivity contribution in [2.75, 3.05) is 0 Å². The predicted octanol–water partition coefficient (Wildman–Crippen LogP) is 3.42. The van der Waals surface area contributed by atoms with E-state index < -0.39 is 0 Å². The van der Waals surface area contributed by atoms with Gasteiger partial charge < -0.3 is 0 Å². The fourth-order valence-electron chi connectivity index (χ4n) is 2.05. The molecule has 0 amide bonds. The van der Waals surface area contributed by atoms with Gasteiger partial charge in [-0.1, -0.05) is 6.08 Å². The molecule has 2 heteroatoms. The molecule has 1 aromatic heterocycles. The van der Waals surface area contributed by atoms with Crippen molar-refractivity contribution < 1.29 is 0 Å². The first-order valence-electron chi connectivity index (χ1n) is 5.52. The highest BCUT2D eigenvalue weighted by molar-refractivity contribution is 5.63. The molecule has 2 rings (SSSR count). The average molecular weight is 190 g/mol. The second-order valence-electron chi connectivity index (χ2n) is 4.23. The van der Waals surface area contributed by atoms with Crippen LogP contribution in [0.4, 0.5) is 0 Å². The molecule has 1 aromatic rings. The van der Waals surface area contributed by atoms with Gasteiger partial charge in [0.25, 0.3) is 0 Å². The smallest absolute Gasteiger partial charge is 0.0641 e. The molecule has 1 aliphatic rings. The van der Waals surface area contributed by atoms with Gasteiger partial charge in [0.1, 0.15) is 0 Å². The highest BCUT2D eigenvalue weighted by Crippen LogP contribution is 2.27. The van der Waals surface area contributed by atoms with Crippen LogP contribution in [0, 0.1) is 0 Å². The zero-order valence-electron chi connectivity index (χ0n) is 9.03. The SMILES string of the molecule is CC(C)n1nccc1C1=CCCCC1. The largest absolute Gasteiger partial charge is 0.263 e. The molecule has 0 saturated heterocycles. The van der Waals surface area contributed by atoms with Crippen molar-refractivity contribution in [3.05, 3.63) is 24.0 Å². The number of hydrogen-bond acceptors (Lipinski definition) is 1. The minimum absolute atomic E-state index is 0.461. The van der Waals surface area contributed by atoms with Gasteiger partial charge in [0.15, 0.2) is 0 Å².